The zero-order valence-electron chi connectivity index (χ0n) is 31.3. The lowest BCUT2D eigenvalue weighted by Crippen LogP contribution is -2.20. The Balaban J connectivity index is 0.00000110. The van der Waals surface area contributed by atoms with Gasteiger partial charge in [-0.2, -0.15) is 5.26 Å². The number of hydrogen-bond donors (Lipinski definition) is 1. The fraction of sp³-hybridized carbons (Fsp3) is 0.400. The minimum absolute atomic E-state index is 0.0948. The van der Waals surface area contributed by atoms with Crippen LogP contribution in [-0.4, -0.2) is 41.9 Å². The third-order valence-corrected chi connectivity index (χ3v) is 6.77. The van der Waals surface area contributed by atoms with E-state index in [0.717, 1.165) is 61.5 Å². The third-order valence-electron chi connectivity index (χ3n) is 6.77. The number of allylic oxidation sites excluding steroid dienone is 1. The number of amides is 1. The Morgan fingerprint density at radius 3 is 2.19 bits per heavy atom. The van der Waals surface area contributed by atoms with Crippen molar-refractivity contribution in [1.82, 2.24) is 15.3 Å². The van der Waals surface area contributed by atoms with Crippen LogP contribution in [0, 0.1) is 32.1 Å². The number of nitrogens with one attached hydrogen (secondary N) is 1. The first-order chi connectivity index (χ1) is 22.6. The molecule has 252 valence electrons. The molecule has 0 radical (unpaired) electrons. The van der Waals surface area contributed by atoms with E-state index in [2.05, 4.69) is 59.1 Å². The molecule has 0 atom stereocenters. The summed E-state index contributed by atoms with van der Waals surface area (Å²) in [5.41, 5.74) is 11.3. The zero-order chi connectivity index (χ0) is 36.3. The van der Waals surface area contributed by atoms with E-state index in [1.54, 1.807) is 13.2 Å². The lowest BCUT2D eigenvalue weighted by molar-refractivity contribution is 0.0962. The monoisotopic (exact) mass is 636 g/mol. The van der Waals surface area contributed by atoms with Gasteiger partial charge in [-0.15, -0.1) is 0 Å². The minimum atomic E-state index is -0.0948. The molecule has 7 heteroatoms. The van der Waals surface area contributed by atoms with Crippen LogP contribution in [0.15, 0.2) is 52.7 Å². The molecule has 0 bridgehead atoms. The van der Waals surface area contributed by atoms with E-state index in [-0.39, 0.29) is 11.8 Å². The van der Waals surface area contributed by atoms with Gasteiger partial charge in [-0.1, -0.05) is 79.2 Å². The first kappa shape index (κ1) is 42.3. The van der Waals surface area contributed by atoms with Crippen molar-refractivity contribution >= 4 is 35.6 Å². The Labute approximate surface area is 284 Å². The SMILES string of the molecule is C=N/C=C(\C(C)=NCC)c1ncc2c(n1)/C2=C/c1c(C(=O)NC)cc(C)cc1C(C)C.CC.CC.CC.Cc1ccc(C)c(C#N)c1. The smallest absolute Gasteiger partial charge is 0.251 e. The molecule has 1 heterocycles. The van der Waals surface area contributed by atoms with Gasteiger partial charge in [0.05, 0.1) is 22.9 Å². The van der Waals surface area contributed by atoms with Gasteiger partial charge >= 0.3 is 0 Å². The summed E-state index contributed by atoms with van der Waals surface area (Å²) in [6.07, 6.45) is 5.52. The molecule has 47 heavy (non-hydrogen) atoms. The van der Waals surface area contributed by atoms with Crippen LogP contribution in [-0.2, 0) is 0 Å². The van der Waals surface area contributed by atoms with Crippen molar-refractivity contribution < 1.29 is 4.79 Å². The topological polar surface area (TPSA) is 103 Å². The van der Waals surface area contributed by atoms with Gasteiger partial charge in [-0.25, -0.2) is 9.97 Å². The van der Waals surface area contributed by atoms with E-state index in [4.69, 9.17) is 10.2 Å². The summed E-state index contributed by atoms with van der Waals surface area (Å²) in [6.45, 7) is 30.3. The standard InChI is InChI=1S/C25H29N5O.C9H9N.3C2H6/c1-8-28-16(5)21(12-26-6)24-29-13-22-19(23(22)30-24)11-18-17(14(2)3)9-15(4)10-20(18)25(31)27-7;1-7-3-4-8(2)9(5-7)6-10;3*1-2/h9-14H,6,8H2,1-5,7H3,(H,27,31);3-5H,1-2H3;3*1-2H3/b19-11+,21-12+,28-16?;;;;. The lowest BCUT2D eigenvalue weighted by Gasteiger charge is -2.15. The first-order valence-electron chi connectivity index (χ1n) is 16.7. The lowest BCUT2D eigenvalue weighted by atomic mass is 9.90. The van der Waals surface area contributed by atoms with Crippen molar-refractivity contribution in [3.05, 3.63) is 98.8 Å². The van der Waals surface area contributed by atoms with Gasteiger partial charge in [0.15, 0.2) is 5.82 Å². The van der Waals surface area contributed by atoms with E-state index in [1.807, 2.05) is 107 Å². The maximum Gasteiger partial charge on any atom is 0.251 e. The Morgan fingerprint density at radius 2 is 1.68 bits per heavy atom. The first-order valence-corrected chi connectivity index (χ1v) is 16.7. The zero-order valence-corrected chi connectivity index (χ0v) is 31.3. The van der Waals surface area contributed by atoms with Gasteiger partial charge < -0.3 is 5.32 Å². The minimum Gasteiger partial charge on any atom is -0.355 e. The summed E-state index contributed by atoms with van der Waals surface area (Å²) >= 11 is 0. The van der Waals surface area contributed by atoms with Crippen LogP contribution in [0.1, 0.15) is 136 Å². The van der Waals surface area contributed by atoms with Gasteiger partial charge in [-0.3, -0.25) is 14.8 Å². The molecule has 1 aromatic heterocycles. The summed E-state index contributed by atoms with van der Waals surface area (Å²) in [5, 5.41) is 11.4. The molecule has 1 N–H and O–H groups in total. The molecular formula is C40H56N6O. The van der Waals surface area contributed by atoms with E-state index in [9.17, 15) is 4.79 Å². The maximum absolute atomic E-state index is 12.6. The molecule has 3 aromatic rings. The predicted octanol–water partition coefficient (Wildman–Crippen LogP) is 9.95. The number of benzene rings is 2. The Hall–Kier alpha value is -4.70. The molecule has 7 nitrogen and oxygen atoms in total. The number of rotatable bonds is 7. The maximum atomic E-state index is 12.6. The highest BCUT2D eigenvalue weighted by molar-refractivity contribution is 6.22. The Bertz CT molecular complexity index is 1620. The second kappa shape index (κ2) is 21.9. The van der Waals surface area contributed by atoms with Crippen molar-refractivity contribution in [3.63, 3.8) is 0 Å². The molecule has 4 rings (SSSR count). The van der Waals surface area contributed by atoms with Crippen LogP contribution in [0.3, 0.4) is 0 Å². The average Bonchev–Trinajstić information content (AvgIpc) is 3.78. The number of aromatic nitrogens is 2. The number of hydrogen-bond acceptors (Lipinski definition) is 6. The predicted molar refractivity (Wildman–Crippen MR) is 204 cm³/mol. The molecule has 0 fully saturated rings. The van der Waals surface area contributed by atoms with Crippen LogP contribution in [0.4, 0.5) is 0 Å². The third kappa shape index (κ3) is 11.9. The molecule has 2 aromatic carbocycles. The number of nitrogens with zero attached hydrogens (tertiary/aromatic N) is 5. The number of carbonyl (C=O) groups is 1. The molecule has 1 aliphatic carbocycles. The van der Waals surface area contributed by atoms with E-state index in [0.29, 0.717) is 17.9 Å². The van der Waals surface area contributed by atoms with E-state index < -0.39 is 0 Å². The molecule has 1 amide bonds. The highest BCUT2D eigenvalue weighted by Gasteiger charge is 2.30. The van der Waals surface area contributed by atoms with Gasteiger partial charge in [0.1, 0.15) is 0 Å². The number of aliphatic imine (C=N–C) groups is 2. The average molecular weight is 637 g/mol. The van der Waals surface area contributed by atoms with Crippen molar-refractivity contribution in [2.75, 3.05) is 13.6 Å². The number of fused-ring (bicyclic) bond motifs is 1. The Kier molecular flexibility index (Phi) is 19.7. The normalized spacial score (nSPS) is 11.9. The Morgan fingerprint density at radius 1 is 1.04 bits per heavy atom. The quantitative estimate of drug-likeness (QED) is 0.204. The number of carbonyl (C=O) groups excluding carboxylic acids is 1. The second-order valence-electron chi connectivity index (χ2n) is 10.3. The van der Waals surface area contributed by atoms with Gasteiger partial charge in [0.2, 0.25) is 0 Å². The highest BCUT2D eigenvalue weighted by atomic mass is 16.1. The summed E-state index contributed by atoms with van der Waals surface area (Å²) in [4.78, 5) is 30.2. The molecule has 0 aliphatic heterocycles. The molecule has 0 spiro atoms. The molecule has 0 unspecified atom stereocenters. The van der Waals surface area contributed by atoms with Gasteiger partial charge in [0, 0.05) is 48.4 Å². The molecule has 0 saturated carbocycles. The van der Waals surface area contributed by atoms with Crippen LogP contribution in [0.5, 0.6) is 0 Å². The summed E-state index contributed by atoms with van der Waals surface area (Å²) in [7, 11) is 1.65. The van der Waals surface area contributed by atoms with E-state index in [1.165, 1.54) is 0 Å². The summed E-state index contributed by atoms with van der Waals surface area (Å²) < 4.78 is 0. The van der Waals surface area contributed by atoms with Crippen molar-refractivity contribution in [1.29, 1.82) is 5.26 Å². The van der Waals surface area contributed by atoms with E-state index >= 15 is 0 Å². The fourth-order valence-corrected chi connectivity index (χ4v) is 4.51. The summed E-state index contributed by atoms with van der Waals surface area (Å²) in [6, 6.07) is 12.1. The second-order valence-corrected chi connectivity index (χ2v) is 10.3. The summed E-state index contributed by atoms with van der Waals surface area (Å²) in [5.74, 6) is 0.756. The highest BCUT2D eigenvalue weighted by Crippen LogP contribution is 2.43. The number of nitriles is 1. The fourth-order valence-electron chi connectivity index (χ4n) is 4.51. The van der Waals surface area contributed by atoms with Crippen molar-refractivity contribution in [2.45, 2.75) is 95.9 Å². The van der Waals surface area contributed by atoms with Crippen LogP contribution < -0.4 is 5.32 Å². The van der Waals surface area contributed by atoms with Crippen molar-refractivity contribution in [3.8, 4) is 6.07 Å². The largest absolute Gasteiger partial charge is 0.355 e. The van der Waals surface area contributed by atoms with Gasteiger partial charge in [-0.05, 0) is 87.7 Å². The molecular weight excluding hydrogens is 580 g/mol. The van der Waals surface area contributed by atoms with Crippen LogP contribution in [0.25, 0.3) is 17.2 Å². The van der Waals surface area contributed by atoms with Gasteiger partial charge in [0.25, 0.3) is 5.91 Å². The van der Waals surface area contributed by atoms with Crippen LogP contribution >= 0.6 is 0 Å². The molecule has 0 saturated heterocycles. The number of aryl methyl sites for hydroxylation is 3. The molecule has 1 aliphatic rings. The van der Waals surface area contributed by atoms with Crippen molar-refractivity contribution in [2.24, 2.45) is 9.98 Å². The van der Waals surface area contributed by atoms with Crippen LogP contribution in [0.2, 0.25) is 0 Å².